The molecule has 0 aromatic rings. The average molecular weight is 228 g/mol. The maximum Gasteiger partial charge on any atom is 0.0101 e. The summed E-state index contributed by atoms with van der Waals surface area (Å²) in [4.78, 5) is 2.37. The van der Waals surface area contributed by atoms with Crippen LogP contribution in [0.15, 0.2) is 0 Å². The molecule has 1 N–H and O–H groups in total. The van der Waals surface area contributed by atoms with E-state index in [1.165, 1.54) is 45.1 Å². The number of hydrogen-bond acceptors (Lipinski definition) is 2. The second-order valence-electron chi connectivity index (χ2n) is 5.04. The van der Waals surface area contributed by atoms with E-state index in [1.54, 1.807) is 0 Å². The smallest absolute Gasteiger partial charge is 0.0101 e. The van der Waals surface area contributed by atoms with Crippen molar-refractivity contribution in [1.82, 2.24) is 10.2 Å². The molecule has 2 nitrogen and oxygen atoms in total. The van der Waals surface area contributed by atoms with Gasteiger partial charge in [-0.05, 0) is 46.3 Å². The highest BCUT2D eigenvalue weighted by atomic mass is 15.1. The summed E-state index contributed by atoms with van der Waals surface area (Å²) >= 11 is 0. The predicted molar refractivity (Wildman–Crippen MR) is 74.0 cm³/mol. The summed E-state index contributed by atoms with van der Waals surface area (Å²) in [6.45, 7) is 7.99. The normalized spacial score (nSPS) is 15.4. The molecule has 0 aliphatic heterocycles. The Morgan fingerprint density at radius 1 is 0.938 bits per heavy atom. The van der Waals surface area contributed by atoms with Crippen LogP contribution in [0.3, 0.4) is 0 Å². The lowest BCUT2D eigenvalue weighted by atomic mass is 10.1. The molecule has 0 bridgehead atoms. The molecule has 2 unspecified atom stereocenters. The maximum atomic E-state index is 3.69. The van der Waals surface area contributed by atoms with E-state index in [0.717, 1.165) is 12.1 Å². The maximum absolute atomic E-state index is 3.69. The van der Waals surface area contributed by atoms with Gasteiger partial charge in [0.05, 0.1) is 0 Å². The van der Waals surface area contributed by atoms with Crippen LogP contribution in [0.4, 0.5) is 0 Å². The molecule has 0 aromatic carbocycles. The van der Waals surface area contributed by atoms with Crippen molar-refractivity contribution in [3.8, 4) is 0 Å². The van der Waals surface area contributed by atoms with E-state index in [9.17, 15) is 0 Å². The van der Waals surface area contributed by atoms with Crippen molar-refractivity contribution in [1.29, 1.82) is 0 Å². The van der Waals surface area contributed by atoms with Gasteiger partial charge in [-0.25, -0.2) is 0 Å². The molecule has 2 atom stereocenters. The van der Waals surface area contributed by atoms with Gasteiger partial charge in [0.15, 0.2) is 0 Å². The molecule has 0 amide bonds. The van der Waals surface area contributed by atoms with Crippen LogP contribution in [0.25, 0.3) is 0 Å². The SMILES string of the molecule is CCCC(CC)NCCC(CCC)N(C)C. The van der Waals surface area contributed by atoms with Crippen molar-refractivity contribution in [3.05, 3.63) is 0 Å². The van der Waals surface area contributed by atoms with Gasteiger partial charge in [-0.15, -0.1) is 0 Å². The van der Waals surface area contributed by atoms with Crippen LogP contribution in [0.2, 0.25) is 0 Å². The Hall–Kier alpha value is -0.0800. The molecular formula is C14H32N2. The van der Waals surface area contributed by atoms with E-state index in [2.05, 4.69) is 45.1 Å². The topological polar surface area (TPSA) is 15.3 Å². The molecule has 0 heterocycles. The van der Waals surface area contributed by atoms with Crippen LogP contribution in [-0.4, -0.2) is 37.6 Å². The van der Waals surface area contributed by atoms with Crippen LogP contribution < -0.4 is 5.32 Å². The van der Waals surface area contributed by atoms with Crippen molar-refractivity contribution in [2.24, 2.45) is 0 Å². The fourth-order valence-corrected chi connectivity index (χ4v) is 2.25. The Balaban J connectivity index is 3.74. The molecule has 0 saturated carbocycles. The minimum atomic E-state index is 0.731. The predicted octanol–water partition coefficient (Wildman–Crippen LogP) is 3.28. The van der Waals surface area contributed by atoms with Crippen LogP contribution >= 0.6 is 0 Å². The van der Waals surface area contributed by atoms with Crippen LogP contribution in [0.1, 0.15) is 59.3 Å². The molecule has 0 aromatic heterocycles. The van der Waals surface area contributed by atoms with Gasteiger partial charge in [-0.1, -0.05) is 33.6 Å². The molecule has 98 valence electrons. The van der Waals surface area contributed by atoms with Crippen LogP contribution in [-0.2, 0) is 0 Å². The van der Waals surface area contributed by atoms with Crippen molar-refractivity contribution in [3.63, 3.8) is 0 Å². The molecule has 0 radical (unpaired) electrons. The summed E-state index contributed by atoms with van der Waals surface area (Å²) < 4.78 is 0. The second kappa shape index (κ2) is 10.1. The quantitative estimate of drug-likeness (QED) is 0.617. The number of rotatable bonds is 10. The summed E-state index contributed by atoms with van der Waals surface area (Å²) in [5.74, 6) is 0. The molecular weight excluding hydrogens is 196 g/mol. The average Bonchev–Trinajstić information content (AvgIpc) is 2.26. The molecule has 0 fully saturated rings. The van der Waals surface area contributed by atoms with Gasteiger partial charge >= 0.3 is 0 Å². The van der Waals surface area contributed by atoms with Crippen molar-refractivity contribution < 1.29 is 0 Å². The van der Waals surface area contributed by atoms with Crippen molar-refractivity contribution in [2.45, 2.75) is 71.4 Å². The van der Waals surface area contributed by atoms with Crippen LogP contribution in [0.5, 0.6) is 0 Å². The zero-order valence-electron chi connectivity index (χ0n) is 12.1. The van der Waals surface area contributed by atoms with E-state index in [4.69, 9.17) is 0 Å². The first-order valence-electron chi connectivity index (χ1n) is 7.05. The summed E-state index contributed by atoms with van der Waals surface area (Å²) in [5.41, 5.74) is 0. The van der Waals surface area contributed by atoms with Crippen molar-refractivity contribution >= 4 is 0 Å². The zero-order valence-corrected chi connectivity index (χ0v) is 12.1. The lowest BCUT2D eigenvalue weighted by Gasteiger charge is -2.25. The highest BCUT2D eigenvalue weighted by Gasteiger charge is 2.10. The standard InChI is InChI=1S/C14H32N2/c1-6-9-13(8-3)15-12-11-14(10-7-2)16(4)5/h13-15H,6-12H2,1-5H3. The molecule has 0 saturated heterocycles. The minimum Gasteiger partial charge on any atom is -0.314 e. The second-order valence-corrected chi connectivity index (χ2v) is 5.04. The summed E-state index contributed by atoms with van der Waals surface area (Å²) in [6.07, 6.45) is 7.75. The van der Waals surface area contributed by atoms with E-state index < -0.39 is 0 Å². The van der Waals surface area contributed by atoms with Crippen LogP contribution in [0, 0.1) is 0 Å². The first kappa shape index (κ1) is 15.9. The Kier molecular flexibility index (Phi) is 10.0. The Morgan fingerprint density at radius 2 is 1.56 bits per heavy atom. The van der Waals surface area contributed by atoms with E-state index >= 15 is 0 Å². The largest absolute Gasteiger partial charge is 0.314 e. The van der Waals surface area contributed by atoms with Gasteiger partial charge in [-0.2, -0.15) is 0 Å². The monoisotopic (exact) mass is 228 g/mol. The fourth-order valence-electron chi connectivity index (χ4n) is 2.25. The first-order valence-corrected chi connectivity index (χ1v) is 7.05. The minimum absolute atomic E-state index is 0.731. The number of hydrogen-bond donors (Lipinski definition) is 1. The van der Waals surface area contributed by atoms with Gasteiger partial charge < -0.3 is 10.2 Å². The lowest BCUT2D eigenvalue weighted by Crippen LogP contribution is -2.35. The van der Waals surface area contributed by atoms with Gasteiger partial charge in [0.1, 0.15) is 0 Å². The van der Waals surface area contributed by atoms with Gasteiger partial charge in [0.2, 0.25) is 0 Å². The summed E-state index contributed by atoms with van der Waals surface area (Å²) in [6, 6.07) is 1.48. The third-order valence-electron chi connectivity index (χ3n) is 3.39. The molecule has 0 aliphatic rings. The van der Waals surface area contributed by atoms with E-state index in [1.807, 2.05) is 0 Å². The molecule has 16 heavy (non-hydrogen) atoms. The third-order valence-corrected chi connectivity index (χ3v) is 3.39. The van der Waals surface area contributed by atoms with Gasteiger partial charge in [-0.3, -0.25) is 0 Å². The molecule has 2 heteroatoms. The Labute approximate surface area is 103 Å². The summed E-state index contributed by atoms with van der Waals surface area (Å²) in [7, 11) is 4.40. The number of nitrogens with zero attached hydrogens (tertiary/aromatic N) is 1. The Bertz CT molecular complexity index is 146. The van der Waals surface area contributed by atoms with E-state index in [-0.39, 0.29) is 0 Å². The zero-order chi connectivity index (χ0) is 12.4. The highest BCUT2D eigenvalue weighted by molar-refractivity contribution is 4.70. The highest BCUT2D eigenvalue weighted by Crippen LogP contribution is 2.08. The first-order chi connectivity index (χ1) is 7.65. The Morgan fingerprint density at radius 3 is 2.00 bits per heavy atom. The molecule has 0 rings (SSSR count). The van der Waals surface area contributed by atoms with Crippen molar-refractivity contribution in [2.75, 3.05) is 20.6 Å². The van der Waals surface area contributed by atoms with E-state index in [0.29, 0.717) is 0 Å². The molecule has 0 spiro atoms. The molecule has 0 aliphatic carbocycles. The third kappa shape index (κ3) is 7.24. The lowest BCUT2D eigenvalue weighted by molar-refractivity contribution is 0.256. The fraction of sp³-hybridized carbons (Fsp3) is 1.00. The number of nitrogens with one attached hydrogen (secondary N) is 1. The summed E-state index contributed by atoms with van der Waals surface area (Å²) in [5, 5.41) is 3.69. The van der Waals surface area contributed by atoms with Gasteiger partial charge in [0, 0.05) is 12.1 Å². The van der Waals surface area contributed by atoms with Gasteiger partial charge in [0.25, 0.3) is 0 Å².